The van der Waals surface area contributed by atoms with Gasteiger partial charge in [-0.05, 0) is 39.5 Å². The number of carbonyl (C=O) groups is 2. The molecule has 2 fully saturated rings. The molecule has 0 aromatic rings. The highest BCUT2D eigenvalue weighted by molar-refractivity contribution is 5.80. The van der Waals surface area contributed by atoms with Crippen LogP contribution in [0.15, 0.2) is 85.1 Å². The highest BCUT2D eigenvalue weighted by Gasteiger charge is 2.51. The second-order valence-electron chi connectivity index (χ2n) is 18.2. The second kappa shape index (κ2) is 29.6. The smallest absolute Gasteiger partial charge is 0.308 e. The Morgan fingerprint density at radius 2 is 1.26 bits per heavy atom. The molecule has 3 rings (SSSR count). The van der Waals surface area contributed by atoms with Crippen molar-refractivity contribution in [1.82, 2.24) is 5.32 Å². The predicted octanol–water partition coefficient (Wildman–Crippen LogP) is -0.264. The SMILES string of the molecule is C[C@@H]1[C@H](O)[C@@H](C)/C=C/C=C/C=C/C=C/C=C/C=C/C=C/[C@H](OC2O[C@H](C)[C@@H](O)[C@H](N)[C@@H]2O)C[C@@H]2O[C@](O)(C[C@@H](O)[C@H](O)CCC(O)CC(O)CC(O)CC(=O)O[C@H]1C)C[C@H](O)[C@H]2C(=O)NCCO. The van der Waals surface area contributed by atoms with E-state index in [1.54, 1.807) is 81.5 Å². The molecule has 2 saturated heterocycles. The first-order valence-electron chi connectivity index (χ1n) is 23.5. The van der Waals surface area contributed by atoms with Crippen LogP contribution in [0.5, 0.6) is 0 Å². The number of carbonyl (C=O) groups excluding carboxylic acids is 2. The lowest BCUT2D eigenvalue weighted by Crippen LogP contribution is -2.62. The monoisotopic (exact) mass is 967 g/mol. The molecule has 14 N–H and O–H groups in total. The number of cyclic esters (lactones) is 1. The Hall–Kier alpha value is -3.48. The molecule has 2 bridgehead atoms. The van der Waals surface area contributed by atoms with Gasteiger partial charge in [-0.2, -0.15) is 0 Å². The zero-order valence-corrected chi connectivity index (χ0v) is 39.5. The Morgan fingerprint density at radius 1 is 0.706 bits per heavy atom. The van der Waals surface area contributed by atoms with Crippen molar-refractivity contribution < 1.29 is 84.7 Å². The van der Waals surface area contributed by atoms with E-state index in [0.717, 1.165) is 0 Å². The zero-order chi connectivity index (χ0) is 50.6. The number of ether oxygens (including phenoxy) is 4. The van der Waals surface area contributed by atoms with Crippen LogP contribution in [0, 0.1) is 17.8 Å². The van der Waals surface area contributed by atoms with Gasteiger partial charge in [0.15, 0.2) is 12.1 Å². The Labute approximate surface area is 399 Å². The van der Waals surface area contributed by atoms with Crippen LogP contribution < -0.4 is 11.1 Å². The third-order valence-electron chi connectivity index (χ3n) is 12.5. The van der Waals surface area contributed by atoms with E-state index in [4.69, 9.17) is 24.7 Å². The van der Waals surface area contributed by atoms with Crippen molar-refractivity contribution >= 4 is 11.9 Å². The number of allylic oxidation sites excluding steroid dienone is 12. The summed E-state index contributed by atoms with van der Waals surface area (Å²) in [6.45, 7) is 6.19. The van der Waals surface area contributed by atoms with E-state index < -0.39 is 147 Å². The van der Waals surface area contributed by atoms with Gasteiger partial charge in [-0.25, -0.2) is 0 Å². The van der Waals surface area contributed by atoms with Crippen LogP contribution in [-0.2, 0) is 28.5 Å². The number of amides is 1. The van der Waals surface area contributed by atoms with Gasteiger partial charge in [0.2, 0.25) is 5.91 Å². The number of hydrogen-bond donors (Lipinski definition) is 13. The standard InChI is InChI=1S/C49H78N2O17/c1-29-17-15-13-11-9-7-5-6-8-10-12-14-16-18-36(67-48-46(62)43(50)45(61)32(4)66-48)26-40-42(47(63)51-21-22-52)39(58)28-49(64,68-40)27-38(57)37(56)20-19-33(53)23-34(54)24-35(55)25-41(59)65-31(3)30(2)44(29)60/h5-18,29-40,42-46,48,52-58,60-62,64H,19-28,50H2,1-4H3,(H,51,63)/b6-5+,9-7+,10-8+,13-11+,14-12+,17-15+,18-16+/t29-,30-,31-,32+,33?,34?,35?,36-,37+,38+,39-,40-,42+,43-,44+,45+,46-,48?,49+/m0/s1. The van der Waals surface area contributed by atoms with Crippen molar-refractivity contribution in [3.63, 3.8) is 0 Å². The quantitative estimate of drug-likeness (QED) is 0.158. The first kappa shape index (κ1) is 58.8. The summed E-state index contributed by atoms with van der Waals surface area (Å²) in [5.74, 6) is -5.88. The van der Waals surface area contributed by atoms with Crippen molar-refractivity contribution in [2.24, 2.45) is 23.5 Å². The summed E-state index contributed by atoms with van der Waals surface area (Å²) in [5, 5.41) is 121. The van der Waals surface area contributed by atoms with Crippen molar-refractivity contribution in [2.45, 2.75) is 177 Å². The van der Waals surface area contributed by atoms with Crippen LogP contribution in [0.4, 0.5) is 0 Å². The van der Waals surface area contributed by atoms with Crippen molar-refractivity contribution in [1.29, 1.82) is 0 Å². The maximum atomic E-state index is 13.4. The second-order valence-corrected chi connectivity index (χ2v) is 18.2. The number of nitrogens with two attached hydrogens (primary N) is 1. The van der Waals surface area contributed by atoms with Gasteiger partial charge in [-0.3, -0.25) is 9.59 Å². The molecule has 4 unspecified atom stereocenters. The van der Waals surface area contributed by atoms with E-state index in [9.17, 15) is 65.8 Å². The van der Waals surface area contributed by atoms with E-state index in [1.165, 1.54) is 0 Å². The van der Waals surface area contributed by atoms with E-state index in [1.807, 2.05) is 31.2 Å². The highest BCUT2D eigenvalue weighted by atomic mass is 16.7. The summed E-state index contributed by atoms with van der Waals surface area (Å²) in [4.78, 5) is 26.1. The van der Waals surface area contributed by atoms with Gasteiger partial charge in [0.25, 0.3) is 0 Å². The summed E-state index contributed by atoms with van der Waals surface area (Å²) >= 11 is 0. The molecule has 1 amide bonds. The van der Waals surface area contributed by atoms with Crippen LogP contribution in [0.2, 0.25) is 0 Å². The number of aliphatic hydroxyl groups excluding tert-OH is 10. The summed E-state index contributed by atoms with van der Waals surface area (Å²) in [7, 11) is 0. The first-order chi connectivity index (χ1) is 32.2. The summed E-state index contributed by atoms with van der Waals surface area (Å²) in [5.41, 5.74) is 6.07. The maximum Gasteiger partial charge on any atom is 0.308 e. The number of fused-ring (bicyclic) bond motifs is 2. The predicted molar refractivity (Wildman–Crippen MR) is 249 cm³/mol. The van der Waals surface area contributed by atoms with Gasteiger partial charge >= 0.3 is 5.97 Å². The average Bonchev–Trinajstić information content (AvgIpc) is 3.26. The molecule has 0 aromatic heterocycles. The van der Waals surface area contributed by atoms with E-state index in [0.29, 0.717) is 0 Å². The molecular formula is C49H78N2O17. The largest absolute Gasteiger partial charge is 0.462 e. The summed E-state index contributed by atoms with van der Waals surface area (Å²) in [6, 6.07) is -1.14. The molecule has 0 aliphatic carbocycles. The third kappa shape index (κ3) is 19.7. The Balaban J connectivity index is 1.91. The van der Waals surface area contributed by atoms with Gasteiger partial charge in [0.05, 0.1) is 92.1 Å². The number of hydrogen-bond acceptors (Lipinski definition) is 18. The third-order valence-corrected chi connectivity index (χ3v) is 12.5. The zero-order valence-electron chi connectivity index (χ0n) is 39.5. The minimum absolute atomic E-state index is 0.135. The lowest BCUT2D eigenvalue weighted by molar-refractivity contribution is -0.308. The van der Waals surface area contributed by atoms with E-state index in [-0.39, 0.29) is 44.6 Å². The van der Waals surface area contributed by atoms with Crippen LogP contribution in [0.25, 0.3) is 0 Å². The molecule has 3 aliphatic heterocycles. The minimum Gasteiger partial charge on any atom is -0.462 e. The molecule has 68 heavy (non-hydrogen) atoms. The van der Waals surface area contributed by atoms with Crippen LogP contribution in [0.3, 0.4) is 0 Å². The molecule has 0 aromatic carbocycles. The number of esters is 1. The van der Waals surface area contributed by atoms with Crippen LogP contribution in [0.1, 0.15) is 79.1 Å². The number of rotatable bonds is 5. The van der Waals surface area contributed by atoms with Gasteiger partial charge in [-0.15, -0.1) is 0 Å². The van der Waals surface area contributed by atoms with Gasteiger partial charge < -0.3 is 86.2 Å². The fraction of sp³-hybridized carbons (Fsp3) is 0.673. The molecular weight excluding hydrogens is 889 g/mol. The van der Waals surface area contributed by atoms with Crippen LogP contribution in [-0.4, -0.2) is 179 Å². The molecule has 19 atom stereocenters. The Bertz CT molecular complexity index is 1720. The lowest BCUT2D eigenvalue weighted by Gasteiger charge is -2.46. The van der Waals surface area contributed by atoms with Crippen LogP contribution >= 0.6 is 0 Å². The summed E-state index contributed by atoms with van der Waals surface area (Å²) in [6.07, 6.45) is 4.18. The van der Waals surface area contributed by atoms with Crippen molar-refractivity contribution in [3.05, 3.63) is 85.1 Å². The molecule has 0 radical (unpaired) electrons. The Morgan fingerprint density at radius 3 is 1.87 bits per heavy atom. The fourth-order valence-corrected chi connectivity index (χ4v) is 8.27. The first-order valence-corrected chi connectivity index (χ1v) is 23.5. The van der Waals surface area contributed by atoms with Crippen molar-refractivity contribution in [2.75, 3.05) is 13.2 Å². The lowest BCUT2D eigenvalue weighted by atomic mass is 9.82. The molecule has 3 heterocycles. The minimum atomic E-state index is -2.33. The topological polar surface area (TPSA) is 332 Å². The fourth-order valence-electron chi connectivity index (χ4n) is 8.27. The molecule has 386 valence electrons. The van der Waals surface area contributed by atoms with E-state index in [2.05, 4.69) is 5.32 Å². The van der Waals surface area contributed by atoms with Gasteiger partial charge in [0.1, 0.15) is 12.2 Å². The highest BCUT2D eigenvalue weighted by Crippen LogP contribution is 2.38. The van der Waals surface area contributed by atoms with Crippen molar-refractivity contribution in [3.8, 4) is 0 Å². The molecule has 0 spiro atoms. The van der Waals surface area contributed by atoms with E-state index >= 15 is 0 Å². The maximum absolute atomic E-state index is 13.4. The molecule has 19 nitrogen and oxygen atoms in total. The molecule has 19 heteroatoms. The average molecular weight is 967 g/mol. The summed E-state index contributed by atoms with van der Waals surface area (Å²) < 4.78 is 23.5. The Kier molecular flexibility index (Phi) is 25.6. The number of nitrogens with one attached hydrogen (secondary N) is 1. The molecule has 0 saturated carbocycles. The van der Waals surface area contributed by atoms with Gasteiger partial charge in [-0.1, -0.05) is 98.9 Å². The normalized spacial score (nSPS) is 44.0. The number of aliphatic hydroxyl groups is 11. The van der Waals surface area contributed by atoms with Gasteiger partial charge in [0, 0.05) is 37.6 Å². The molecule has 3 aliphatic rings.